The van der Waals surface area contributed by atoms with E-state index >= 15 is 0 Å². The number of ether oxygens (including phenoxy) is 1. The lowest BCUT2D eigenvalue weighted by Crippen LogP contribution is -2.58. The molecule has 2 aromatic heterocycles. The van der Waals surface area contributed by atoms with Crippen LogP contribution in [-0.2, 0) is 14.8 Å². The molecule has 0 spiro atoms. The van der Waals surface area contributed by atoms with Crippen LogP contribution >= 0.6 is 0 Å². The van der Waals surface area contributed by atoms with E-state index in [9.17, 15) is 18.3 Å². The van der Waals surface area contributed by atoms with Gasteiger partial charge < -0.3 is 14.7 Å². The number of methoxy groups -OCH3 is 1. The van der Waals surface area contributed by atoms with Crippen molar-refractivity contribution in [3.05, 3.63) is 43.0 Å². The van der Waals surface area contributed by atoms with Gasteiger partial charge in [0, 0.05) is 19.6 Å². The topological polar surface area (TPSA) is 139 Å². The molecule has 3 heterocycles. The van der Waals surface area contributed by atoms with E-state index < -0.39 is 22.0 Å². The van der Waals surface area contributed by atoms with E-state index in [0.717, 1.165) is 4.31 Å². The minimum Gasteiger partial charge on any atom is -0.497 e. The molecule has 156 valence electrons. The second kappa shape index (κ2) is 7.80. The minimum atomic E-state index is -4.01. The summed E-state index contributed by atoms with van der Waals surface area (Å²) in [6.45, 7) is 0.162. The fourth-order valence-electron chi connectivity index (χ4n) is 3.26. The SMILES string of the molecule is COc1ccc(S(=O)(=O)N2CCN(c3cnc4cncnc4n3)C[C@@H]2C(=O)O)cc1. The summed E-state index contributed by atoms with van der Waals surface area (Å²) in [4.78, 5) is 30.2. The third-order valence-corrected chi connectivity index (χ3v) is 6.74. The third-order valence-electron chi connectivity index (χ3n) is 4.82. The number of nitrogens with zero attached hydrogens (tertiary/aromatic N) is 6. The van der Waals surface area contributed by atoms with Gasteiger partial charge in [0.25, 0.3) is 0 Å². The van der Waals surface area contributed by atoms with Crippen molar-refractivity contribution in [2.75, 3.05) is 31.6 Å². The van der Waals surface area contributed by atoms with Crippen LogP contribution in [0.25, 0.3) is 11.2 Å². The molecule has 4 rings (SSSR count). The third kappa shape index (κ3) is 3.62. The smallest absolute Gasteiger partial charge is 0.323 e. The molecule has 1 atom stereocenters. The summed E-state index contributed by atoms with van der Waals surface area (Å²) in [5.41, 5.74) is 0.888. The van der Waals surface area contributed by atoms with E-state index in [1.807, 2.05) is 0 Å². The first-order chi connectivity index (χ1) is 14.4. The van der Waals surface area contributed by atoms with Crippen molar-refractivity contribution in [2.24, 2.45) is 0 Å². The number of rotatable bonds is 5. The number of aromatic nitrogens is 4. The Hall–Kier alpha value is -3.38. The van der Waals surface area contributed by atoms with Crippen LogP contribution in [-0.4, -0.2) is 76.5 Å². The van der Waals surface area contributed by atoms with Crippen LogP contribution in [0.2, 0.25) is 0 Å². The van der Waals surface area contributed by atoms with Gasteiger partial charge in [0.1, 0.15) is 29.5 Å². The van der Waals surface area contributed by atoms with E-state index in [2.05, 4.69) is 19.9 Å². The molecule has 3 aromatic rings. The molecule has 0 saturated carbocycles. The Morgan fingerprint density at radius 1 is 1.17 bits per heavy atom. The van der Waals surface area contributed by atoms with Gasteiger partial charge in [0.15, 0.2) is 5.65 Å². The van der Waals surface area contributed by atoms with E-state index in [0.29, 0.717) is 22.7 Å². The maximum absolute atomic E-state index is 13.1. The van der Waals surface area contributed by atoms with Gasteiger partial charge in [0.2, 0.25) is 10.0 Å². The summed E-state index contributed by atoms with van der Waals surface area (Å²) < 4.78 is 32.2. The Labute approximate surface area is 172 Å². The van der Waals surface area contributed by atoms with Crippen molar-refractivity contribution in [3.8, 4) is 5.75 Å². The highest BCUT2D eigenvalue weighted by Gasteiger charge is 2.40. The summed E-state index contributed by atoms with van der Waals surface area (Å²) in [5.74, 6) is -0.311. The Morgan fingerprint density at radius 3 is 2.63 bits per heavy atom. The van der Waals surface area contributed by atoms with Gasteiger partial charge in [0.05, 0.1) is 24.4 Å². The highest BCUT2D eigenvalue weighted by molar-refractivity contribution is 7.89. The van der Waals surface area contributed by atoms with Crippen molar-refractivity contribution in [2.45, 2.75) is 10.9 Å². The van der Waals surface area contributed by atoms with Crippen molar-refractivity contribution >= 4 is 33.0 Å². The van der Waals surface area contributed by atoms with E-state index in [4.69, 9.17) is 4.74 Å². The zero-order chi connectivity index (χ0) is 21.3. The molecule has 0 aliphatic carbocycles. The number of carboxylic acids is 1. The number of sulfonamides is 1. The predicted molar refractivity (Wildman–Crippen MR) is 106 cm³/mol. The highest BCUT2D eigenvalue weighted by Crippen LogP contribution is 2.25. The average molecular weight is 430 g/mol. The van der Waals surface area contributed by atoms with E-state index in [1.165, 1.54) is 50.1 Å². The molecule has 30 heavy (non-hydrogen) atoms. The fourth-order valence-corrected chi connectivity index (χ4v) is 4.82. The number of aliphatic carboxylic acids is 1. The molecular weight excluding hydrogens is 412 g/mol. The standard InChI is InChI=1S/C18H18N6O5S/c1-29-12-2-4-13(5-3-12)30(27,28)24-7-6-23(10-15(24)18(25)26)16-9-20-14-8-19-11-21-17(14)22-16/h2-5,8-9,11,15H,6-7,10H2,1H3,(H,25,26)/t15-/m1/s1. The second-order valence-electron chi connectivity index (χ2n) is 6.55. The van der Waals surface area contributed by atoms with Crippen molar-refractivity contribution < 1.29 is 23.1 Å². The Bertz CT molecular complexity index is 1190. The normalized spacial score (nSPS) is 17.8. The number of anilines is 1. The molecule has 1 fully saturated rings. The van der Waals surface area contributed by atoms with E-state index in [-0.39, 0.29) is 24.5 Å². The Morgan fingerprint density at radius 2 is 1.93 bits per heavy atom. The molecular formula is C18H18N6O5S. The van der Waals surface area contributed by atoms with Crippen molar-refractivity contribution in [1.82, 2.24) is 24.2 Å². The van der Waals surface area contributed by atoms with Crippen LogP contribution in [0.4, 0.5) is 5.82 Å². The first-order valence-electron chi connectivity index (χ1n) is 8.96. The summed E-state index contributed by atoms with van der Waals surface area (Å²) in [7, 11) is -2.53. The van der Waals surface area contributed by atoms with Crippen LogP contribution in [0.1, 0.15) is 0 Å². The molecule has 0 unspecified atom stereocenters. The van der Waals surface area contributed by atoms with Gasteiger partial charge in [-0.05, 0) is 24.3 Å². The van der Waals surface area contributed by atoms with Crippen LogP contribution in [0.5, 0.6) is 5.75 Å². The number of hydrogen-bond donors (Lipinski definition) is 1. The lowest BCUT2D eigenvalue weighted by molar-refractivity contribution is -0.141. The number of hydrogen-bond acceptors (Lipinski definition) is 9. The second-order valence-corrected chi connectivity index (χ2v) is 8.44. The van der Waals surface area contributed by atoms with E-state index in [1.54, 1.807) is 4.90 Å². The zero-order valence-corrected chi connectivity index (χ0v) is 16.7. The van der Waals surface area contributed by atoms with Crippen LogP contribution in [0.15, 0.2) is 47.9 Å². The van der Waals surface area contributed by atoms with Crippen molar-refractivity contribution in [3.63, 3.8) is 0 Å². The maximum Gasteiger partial charge on any atom is 0.323 e. The van der Waals surface area contributed by atoms with Crippen LogP contribution < -0.4 is 9.64 Å². The minimum absolute atomic E-state index is 0.00481. The molecule has 0 radical (unpaired) electrons. The monoisotopic (exact) mass is 430 g/mol. The summed E-state index contributed by atoms with van der Waals surface area (Å²) >= 11 is 0. The van der Waals surface area contributed by atoms with Gasteiger partial charge in [-0.1, -0.05) is 0 Å². The van der Waals surface area contributed by atoms with Crippen molar-refractivity contribution in [1.29, 1.82) is 0 Å². The Kier molecular flexibility index (Phi) is 5.18. The quantitative estimate of drug-likeness (QED) is 0.605. The predicted octanol–water partition coefficient (Wildman–Crippen LogP) is 0.393. The lowest BCUT2D eigenvalue weighted by Gasteiger charge is -2.38. The molecule has 1 aliphatic heterocycles. The van der Waals surface area contributed by atoms with Gasteiger partial charge >= 0.3 is 5.97 Å². The molecule has 1 saturated heterocycles. The Balaban J connectivity index is 1.61. The van der Waals surface area contributed by atoms with Gasteiger partial charge in [-0.2, -0.15) is 4.31 Å². The number of piperazine rings is 1. The van der Waals surface area contributed by atoms with Gasteiger partial charge in [-0.25, -0.2) is 28.4 Å². The van der Waals surface area contributed by atoms with Gasteiger partial charge in [-0.3, -0.25) is 4.79 Å². The molecule has 1 aliphatic rings. The molecule has 1 N–H and O–H groups in total. The summed E-state index contributed by atoms with van der Waals surface area (Å²) in [5, 5.41) is 9.73. The molecule has 0 bridgehead atoms. The first kappa shape index (κ1) is 19.9. The summed E-state index contributed by atoms with van der Waals surface area (Å²) in [6.07, 6.45) is 4.37. The zero-order valence-electron chi connectivity index (χ0n) is 15.9. The maximum atomic E-state index is 13.1. The highest BCUT2D eigenvalue weighted by atomic mass is 32.2. The number of benzene rings is 1. The number of carbonyl (C=O) groups is 1. The number of carboxylic acid groups (broad SMARTS) is 1. The molecule has 11 nitrogen and oxygen atoms in total. The molecule has 1 aromatic carbocycles. The first-order valence-corrected chi connectivity index (χ1v) is 10.4. The molecule has 12 heteroatoms. The largest absolute Gasteiger partial charge is 0.497 e. The number of fused-ring (bicyclic) bond motifs is 1. The average Bonchev–Trinajstić information content (AvgIpc) is 2.78. The van der Waals surface area contributed by atoms with Crippen LogP contribution in [0, 0.1) is 0 Å². The lowest BCUT2D eigenvalue weighted by atomic mass is 10.2. The van der Waals surface area contributed by atoms with Gasteiger partial charge in [-0.15, -0.1) is 0 Å². The summed E-state index contributed by atoms with van der Waals surface area (Å²) in [6, 6.07) is 4.55. The fraction of sp³-hybridized carbons (Fsp3) is 0.278. The molecule has 0 amide bonds. The van der Waals surface area contributed by atoms with Crippen LogP contribution in [0.3, 0.4) is 0 Å².